The first-order chi connectivity index (χ1) is 8.75. The Balaban J connectivity index is 2.09. The van der Waals surface area contributed by atoms with Crippen LogP contribution in [0.1, 0.15) is 17.0 Å². The fourth-order valence-corrected chi connectivity index (χ4v) is 2.20. The number of aromatic hydroxyl groups is 1. The summed E-state index contributed by atoms with van der Waals surface area (Å²) in [7, 11) is 0. The first-order valence-electron chi connectivity index (χ1n) is 5.94. The number of pyridine rings is 1. The van der Waals surface area contributed by atoms with Gasteiger partial charge in [-0.25, -0.2) is 4.98 Å². The second kappa shape index (κ2) is 4.18. The van der Waals surface area contributed by atoms with Crippen LogP contribution in [0, 0.1) is 6.92 Å². The van der Waals surface area contributed by atoms with Crippen LogP contribution in [0.3, 0.4) is 0 Å². The molecule has 0 bridgehead atoms. The Labute approximate surface area is 105 Å². The molecule has 3 rings (SSSR count). The summed E-state index contributed by atoms with van der Waals surface area (Å²) >= 11 is 0. The predicted molar refractivity (Wildman–Crippen MR) is 70.8 cm³/mol. The SMILES string of the molecule is Cc1ccccc1Cc1ncc2cccc(O)n12. The molecular weight excluding hydrogens is 224 g/mol. The van der Waals surface area contributed by atoms with Gasteiger partial charge in [0.05, 0.1) is 11.7 Å². The quantitative estimate of drug-likeness (QED) is 0.745. The van der Waals surface area contributed by atoms with Crippen molar-refractivity contribution in [2.24, 2.45) is 0 Å². The van der Waals surface area contributed by atoms with Crippen molar-refractivity contribution < 1.29 is 5.11 Å². The molecule has 3 heteroatoms. The zero-order valence-corrected chi connectivity index (χ0v) is 10.2. The monoisotopic (exact) mass is 238 g/mol. The summed E-state index contributed by atoms with van der Waals surface area (Å²) in [6, 6.07) is 13.7. The van der Waals surface area contributed by atoms with Crippen LogP contribution in [0.25, 0.3) is 5.52 Å². The van der Waals surface area contributed by atoms with E-state index < -0.39 is 0 Å². The van der Waals surface area contributed by atoms with Gasteiger partial charge in [0.2, 0.25) is 0 Å². The van der Waals surface area contributed by atoms with Gasteiger partial charge in [0.1, 0.15) is 5.82 Å². The van der Waals surface area contributed by atoms with Gasteiger partial charge in [0.15, 0.2) is 5.88 Å². The van der Waals surface area contributed by atoms with Gasteiger partial charge in [0, 0.05) is 6.42 Å². The van der Waals surface area contributed by atoms with Crippen LogP contribution in [-0.2, 0) is 6.42 Å². The van der Waals surface area contributed by atoms with E-state index in [4.69, 9.17) is 0 Å². The third-order valence-electron chi connectivity index (χ3n) is 3.21. The molecule has 0 aliphatic rings. The first kappa shape index (κ1) is 10.8. The van der Waals surface area contributed by atoms with Gasteiger partial charge in [-0.3, -0.25) is 4.40 Å². The number of hydrogen-bond donors (Lipinski definition) is 1. The summed E-state index contributed by atoms with van der Waals surface area (Å²) in [6.07, 6.45) is 2.51. The summed E-state index contributed by atoms with van der Waals surface area (Å²) in [5, 5.41) is 9.91. The molecular formula is C15H14N2O. The van der Waals surface area contributed by atoms with Crippen molar-refractivity contribution in [2.75, 3.05) is 0 Å². The molecule has 0 amide bonds. The van der Waals surface area contributed by atoms with Crippen LogP contribution in [0.2, 0.25) is 0 Å². The predicted octanol–water partition coefficient (Wildman–Crippen LogP) is 2.94. The lowest BCUT2D eigenvalue weighted by Gasteiger charge is -2.06. The Morgan fingerprint density at radius 3 is 2.78 bits per heavy atom. The normalized spacial score (nSPS) is 10.9. The van der Waals surface area contributed by atoms with Crippen molar-refractivity contribution in [1.82, 2.24) is 9.38 Å². The van der Waals surface area contributed by atoms with E-state index in [1.165, 1.54) is 11.1 Å². The molecule has 1 N–H and O–H groups in total. The maximum atomic E-state index is 9.91. The van der Waals surface area contributed by atoms with E-state index in [2.05, 4.69) is 24.0 Å². The summed E-state index contributed by atoms with van der Waals surface area (Å²) in [4.78, 5) is 4.40. The number of nitrogens with zero attached hydrogens (tertiary/aromatic N) is 2. The minimum Gasteiger partial charge on any atom is -0.494 e. The molecule has 3 aromatic rings. The van der Waals surface area contributed by atoms with Crippen molar-refractivity contribution in [1.29, 1.82) is 0 Å². The van der Waals surface area contributed by atoms with E-state index in [0.717, 1.165) is 17.8 Å². The number of fused-ring (bicyclic) bond motifs is 1. The molecule has 0 unspecified atom stereocenters. The molecule has 0 fully saturated rings. The first-order valence-corrected chi connectivity index (χ1v) is 5.94. The molecule has 90 valence electrons. The minimum absolute atomic E-state index is 0.230. The van der Waals surface area contributed by atoms with Crippen molar-refractivity contribution in [3.05, 3.63) is 65.6 Å². The lowest BCUT2D eigenvalue weighted by molar-refractivity contribution is 0.443. The highest BCUT2D eigenvalue weighted by Crippen LogP contribution is 2.19. The molecule has 3 nitrogen and oxygen atoms in total. The average Bonchev–Trinajstić information content (AvgIpc) is 2.77. The summed E-state index contributed by atoms with van der Waals surface area (Å²) < 4.78 is 1.78. The number of aryl methyl sites for hydroxylation is 1. The van der Waals surface area contributed by atoms with Gasteiger partial charge in [0.25, 0.3) is 0 Å². The fraction of sp³-hybridized carbons (Fsp3) is 0.133. The van der Waals surface area contributed by atoms with Crippen molar-refractivity contribution in [3.63, 3.8) is 0 Å². The van der Waals surface area contributed by atoms with E-state index in [0.29, 0.717) is 0 Å². The van der Waals surface area contributed by atoms with Crippen molar-refractivity contribution in [3.8, 4) is 5.88 Å². The molecule has 18 heavy (non-hydrogen) atoms. The average molecular weight is 238 g/mol. The molecule has 0 aliphatic carbocycles. The molecule has 0 spiro atoms. The molecule has 0 aliphatic heterocycles. The van der Waals surface area contributed by atoms with E-state index in [-0.39, 0.29) is 5.88 Å². The highest BCUT2D eigenvalue weighted by molar-refractivity contribution is 5.49. The van der Waals surface area contributed by atoms with Crippen LogP contribution < -0.4 is 0 Å². The van der Waals surface area contributed by atoms with E-state index >= 15 is 0 Å². The van der Waals surface area contributed by atoms with E-state index in [1.54, 1.807) is 16.7 Å². The Morgan fingerprint density at radius 2 is 1.94 bits per heavy atom. The Bertz CT molecular complexity index is 701. The molecule has 0 saturated heterocycles. The number of hydrogen-bond acceptors (Lipinski definition) is 2. The van der Waals surface area contributed by atoms with Crippen molar-refractivity contribution >= 4 is 5.52 Å². The lowest BCUT2D eigenvalue weighted by atomic mass is 10.1. The smallest absolute Gasteiger partial charge is 0.197 e. The summed E-state index contributed by atoms with van der Waals surface area (Å²) in [6.45, 7) is 2.09. The molecule has 2 aromatic heterocycles. The Morgan fingerprint density at radius 1 is 1.11 bits per heavy atom. The van der Waals surface area contributed by atoms with Gasteiger partial charge >= 0.3 is 0 Å². The maximum absolute atomic E-state index is 9.91. The van der Waals surface area contributed by atoms with Gasteiger partial charge in [-0.2, -0.15) is 0 Å². The number of imidazole rings is 1. The van der Waals surface area contributed by atoms with Crippen LogP contribution in [0.15, 0.2) is 48.7 Å². The van der Waals surface area contributed by atoms with Gasteiger partial charge < -0.3 is 5.11 Å². The molecule has 2 heterocycles. The van der Waals surface area contributed by atoms with Gasteiger partial charge in [-0.05, 0) is 30.2 Å². The second-order valence-corrected chi connectivity index (χ2v) is 4.42. The molecule has 1 aromatic carbocycles. The van der Waals surface area contributed by atoms with Crippen LogP contribution >= 0.6 is 0 Å². The standard InChI is InChI=1S/C15H14N2O/c1-11-5-2-3-6-12(11)9-14-16-10-13-7-4-8-15(18)17(13)14/h2-8,10,18H,9H2,1H3. The number of rotatable bonds is 2. The van der Waals surface area contributed by atoms with Crippen LogP contribution in [0.4, 0.5) is 0 Å². The van der Waals surface area contributed by atoms with Crippen LogP contribution in [-0.4, -0.2) is 14.5 Å². The van der Waals surface area contributed by atoms with Crippen molar-refractivity contribution in [2.45, 2.75) is 13.3 Å². The zero-order chi connectivity index (χ0) is 12.5. The van der Waals surface area contributed by atoms with Gasteiger partial charge in [-0.15, -0.1) is 0 Å². The van der Waals surface area contributed by atoms with E-state index in [9.17, 15) is 5.11 Å². The Hall–Kier alpha value is -2.29. The summed E-state index contributed by atoms with van der Waals surface area (Å²) in [5.74, 6) is 1.09. The van der Waals surface area contributed by atoms with E-state index in [1.807, 2.05) is 24.3 Å². The highest BCUT2D eigenvalue weighted by atomic mass is 16.3. The number of benzene rings is 1. The minimum atomic E-state index is 0.230. The summed E-state index contributed by atoms with van der Waals surface area (Å²) in [5.41, 5.74) is 3.39. The largest absolute Gasteiger partial charge is 0.494 e. The molecule has 0 atom stereocenters. The molecule has 0 radical (unpaired) electrons. The third-order valence-corrected chi connectivity index (χ3v) is 3.21. The second-order valence-electron chi connectivity index (χ2n) is 4.42. The fourth-order valence-electron chi connectivity index (χ4n) is 2.20. The third kappa shape index (κ3) is 1.74. The maximum Gasteiger partial charge on any atom is 0.197 e. The highest BCUT2D eigenvalue weighted by Gasteiger charge is 2.08. The zero-order valence-electron chi connectivity index (χ0n) is 10.2. The molecule has 0 saturated carbocycles. The van der Waals surface area contributed by atoms with Crippen LogP contribution in [0.5, 0.6) is 5.88 Å². The topological polar surface area (TPSA) is 37.5 Å². The van der Waals surface area contributed by atoms with Gasteiger partial charge in [-0.1, -0.05) is 30.3 Å². The Kier molecular flexibility index (Phi) is 2.52. The lowest BCUT2D eigenvalue weighted by Crippen LogP contribution is -1.98. The number of aromatic nitrogens is 2.